The molecule has 0 saturated carbocycles. The Balaban J connectivity index is 2.97. The van der Waals surface area contributed by atoms with Crippen LogP contribution in [0.2, 0.25) is 0 Å². The lowest BCUT2D eigenvalue weighted by molar-refractivity contribution is 0.134. The summed E-state index contributed by atoms with van der Waals surface area (Å²) in [6.45, 7) is 6.86. The number of hydrogen-bond acceptors (Lipinski definition) is 2. The third-order valence-electron chi connectivity index (χ3n) is 1.63. The third-order valence-corrected chi connectivity index (χ3v) is 1.85. The van der Waals surface area contributed by atoms with Crippen molar-refractivity contribution in [3.63, 3.8) is 0 Å². The molecule has 0 aromatic heterocycles. The van der Waals surface area contributed by atoms with Gasteiger partial charge in [0, 0.05) is 25.1 Å². The summed E-state index contributed by atoms with van der Waals surface area (Å²) in [4.78, 5) is 0. The molecule has 0 heterocycles. The van der Waals surface area contributed by atoms with E-state index in [1.54, 1.807) is 0 Å². The molecule has 0 bridgehead atoms. The van der Waals surface area contributed by atoms with Gasteiger partial charge in [-0.15, -0.1) is 11.6 Å². The summed E-state index contributed by atoms with van der Waals surface area (Å²) >= 11 is 5.59. The first-order valence-electron chi connectivity index (χ1n) is 4.68. The van der Waals surface area contributed by atoms with Crippen molar-refractivity contribution in [2.75, 3.05) is 25.6 Å². The lowest BCUT2D eigenvalue weighted by Crippen LogP contribution is -2.29. The van der Waals surface area contributed by atoms with Gasteiger partial charge in [-0.05, 0) is 19.8 Å². The van der Waals surface area contributed by atoms with E-state index < -0.39 is 0 Å². The second-order valence-corrected chi connectivity index (χ2v) is 3.32. The second kappa shape index (κ2) is 9.30. The molecule has 0 aromatic carbocycles. The number of rotatable bonds is 8. The normalized spacial score (nSPS) is 13.2. The summed E-state index contributed by atoms with van der Waals surface area (Å²) in [5, 5.41) is 3.33. The van der Waals surface area contributed by atoms with Crippen LogP contribution in [0.5, 0.6) is 0 Å². The molecule has 74 valence electrons. The third kappa shape index (κ3) is 8.31. The molecule has 0 spiro atoms. The number of alkyl halides is 1. The van der Waals surface area contributed by atoms with Crippen molar-refractivity contribution in [1.82, 2.24) is 5.32 Å². The quantitative estimate of drug-likeness (QED) is 0.471. The molecule has 12 heavy (non-hydrogen) atoms. The smallest absolute Gasteiger partial charge is 0.0590 e. The molecule has 1 N–H and O–H groups in total. The summed E-state index contributed by atoms with van der Waals surface area (Å²) in [6, 6.07) is 0.507. The highest BCUT2D eigenvalue weighted by molar-refractivity contribution is 6.17. The number of hydrogen-bond donors (Lipinski definition) is 1. The number of halogens is 1. The van der Waals surface area contributed by atoms with Crippen LogP contribution in [0, 0.1) is 0 Å². The van der Waals surface area contributed by atoms with Crippen molar-refractivity contribution < 1.29 is 4.74 Å². The van der Waals surface area contributed by atoms with Gasteiger partial charge >= 0.3 is 0 Å². The van der Waals surface area contributed by atoms with E-state index in [4.69, 9.17) is 16.3 Å². The maximum absolute atomic E-state index is 5.59. The van der Waals surface area contributed by atoms with Crippen LogP contribution in [0.1, 0.15) is 26.7 Å². The molecule has 0 radical (unpaired) electrons. The van der Waals surface area contributed by atoms with Crippen molar-refractivity contribution in [2.24, 2.45) is 0 Å². The summed E-state index contributed by atoms with van der Waals surface area (Å²) in [7, 11) is 0. The first-order chi connectivity index (χ1) is 5.81. The summed E-state index contributed by atoms with van der Waals surface area (Å²) < 4.78 is 5.32. The highest BCUT2D eigenvalue weighted by Crippen LogP contribution is 1.91. The van der Waals surface area contributed by atoms with E-state index in [0.29, 0.717) is 6.04 Å². The van der Waals surface area contributed by atoms with Crippen LogP contribution in [-0.2, 0) is 4.74 Å². The molecule has 0 fully saturated rings. The average Bonchev–Trinajstić information content (AvgIpc) is 2.05. The summed E-state index contributed by atoms with van der Waals surface area (Å²) in [6.07, 6.45) is 2.12. The van der Waals surface area contributed by atoms with E-state index in [1.807, 2.05) is 0 Å². The average molecular weight is 194 g/mol. The van der Waals surface area contributed by atoms with Gasteiger partial charge in [-0.1, -0.05) is 6.92 Å². The van der Waals surface area contributed by atoms with E-state index >= 15 is 0 Å². The molecule has 0 rings (SSSR count). The first-order valence-corrected chi connectivity index (χ1v) is 5.21. The van der Waals surface area contributed by atoms with Gasteiger partial charge < -0.3 is 10.1 Å². The lowest BCUT2D eigenvalue weighted by Gasteiger charge is -2.11. The van der Waals surface area contributed by atoms with Crippen molar-refractivity contribution >= 4 is 11.6 Å². The van der Waals surface area contributed by atoms with Crippen LogP contribution in [0.15, 0.2) is 0 Å². The number of nitrogens with one attached hydrogen (secondary N) is 1. The van der Waals surface area contributed by atoms with Gasteiger partial charge in [0.15, 0.2) is 0 Å². The molecule has 3 heteroatoms. The molecule has 1 atom stereocenters. The topological polar surface area (TPSA) is 21.3 Å². The van der Waals surface area contributed by atoms with Crippen LogP contribution in [0.3, 0.4) is 0 Å². The molecule has 2 nitrogen and oxygen atoms in total. The molecule has 0 aliphatic rings. The minimum absolute atomic E-state index is 0.507. The zero-order chi connectivity index (χ0) is 9.23. The predicted octanol–water partition coefficient (Wildman–Crippen LogP) is 2.02. The SMILES string of the molecule is CCCOCCNC(C)CCCl. The largest absolute Gasteiger partial charge is 0.380 e. The maximum atomic E-state index is 5.59. The highest BCUT2D eigenvalue weighted by atomic mass is 35.5. The van der Waals surface area contributed by atoms with Gasteiger partial charge in [0.05, 0.1) is 6.61 Å². The van der Waals surface area contributed by atoms with Gasteiger partial charge in [0.1, 0.15) is 0 Å². The minimum Gasteiger partial charge on any atom is -0.380 e. The standard InChI is InChI=1S/C9H20ClNO/c1-3-7-12-8-6-11-9(2)4-5-10/h9,11H,3-8H2,1-2H3. The summed E-state index contributed by atoms with van der Waals surface area (Å²) in [5.41, 5.74) is 0. The van der Waals surface area contributed by atoms with Gasteiger partial charge in [-0.3, -0.25) is 0 Å². The second-order valence-electron chi connectivity index (χ2n) is 2.95. The highest BCUT2D eigenvalue weighted by Gasteiger charge is 1.97. The van der Waals surface area contributed by atoms with Crippen molar-refractivity contribution in [1.29, 1.82) is 0 Å². The Morgan fingerprint density at radius 3 is 2.75 bits per heavy atom. The Labute approximate surface area is 80.6 Å². The molecule has 0 saturated heterocycles. The zero-order valence-corrected chi connectivity index (χ0v) is 8.86. The maximum Gasteiger partial charge on any atom is 0.0590 e. The first kappa shape index (κ1) is 12.2. The molecular weight excluding hydrogens is 174 g/mol. The van der Waals surface area contributed by atoms with Crippen molar-refractivity contribution in [2.45, 2.75) is 32.7 Å². The summed E-state index contributed by atoms with van der Waals surface area (Å²) in [5.74, 6) is 0.726. The monoisotopic (exact) mass is 193 g/mol. The van der Waals surface area contributed by atoms with Crippen LogP contribution in [-0.4, -0.2) is 31.7 Å². The van der Waals surface area contributed by atoms with Gasteiger partial charge in [-0.2, -0.15) is 0 Å². The van der Waals surface area contributed by atoms with Crippen molar-refractivity contribution in [3.05, 3.63) is 0 Å². The van der Waals surface area contributed by atoms with Crippen LogP contribution >= 0.6 is 11.6 Å². The van der Waals surface area contributed by atoms with Gasteiger partial charge in [0.25, 0.3) is 0 Å². The van der Waals surface area contributed by atoms with Gasteiger partial charge in [0.2, 0.25) is 0 Å². The Morgan fingerprint density at radius 1 is 1.42 bits per heavy atom. The fraction of sp³-hybridized carbons (Fsp3) is 1.00. The lowest BCUT2D eigenvalue weighted by atomic mass is 10.2. The zero-order valence-electron chi connectivity index (χ0n) is 8.11. The fourth-order valence-electron chi connectivity index (χ4n) is 0.890. The van der Waals surface area contributed by atoms with E-state index in [1.165, 1.54) is 0 Å². The Hall–Kier alpha value is 0.210. The Kier molecular flexibility index (Phi) is 9.46. The minimum atomic E-state index is 0.507. The number of ether oxygens (including phenoxy) is 1. The Morgan fingerprint density at radius 2 is 2.17 bits per heavy atom. The van der Waals surface area contributed by atoms with Crippen molar-refractivity contribution in [3.8, 4) is 0 Å². The molecular formula is C9H20ClNO. The Bertz CT molecular complexity index is 90.6. The molecule has 1 unspecified atom stereocenters. The molecule has 0 aromatic rings. The van der Waals surface area contributed by atoms with Crippen LogP contribution < -0.4 is 5.32 Å². The van der Waals surface area contributed by atoms with Gasteiger partial charge in [-0.25, -0.2) is 0 Å². The van der Waals surface area contributed by atoms with E-state index in [0.717, 1.165) is 38.5 Å². The van der Waals surface area contributed by atoms with Crippen LogP contribution in [0.4, 0.5) is 0 Å². The van der Waals surface area contributed by atoms with E-state index in [2.05, 4.69) is 19.2 Å². The molecule has 0 aliphatic carbocycles. The van der Waals surface area contributed by atoms with E-state index in [9.17, 15) is 0 Å². The molecule has 0 aliphatic heterocycles. The van der Waals surface area contributed by atoms with E-state index in [-0.39, 0.29) is 0 Å². The molecule has 0 amide bonds. The van der Waals surface area contributed by atoms with Crippen LogP contribution in [0.25, 0.3) is 0 Å². The fourth-order valence-corrected chi connectivity index (χ4v) is 1.22. The predicted molar refractivity (Wildman–Crippen MR) is 53.9 cm³/mol.